The second-order valence-electron chi connectivity index (χ2n) is 4.70. The van der Waals surface area contributed by atoms with E-state index in [1.54, 1.807) is 19.1 Å². The zero-order valence-electron chi connectivity index (χ0n) is 11.6. The minimum absolute atomic E-state index is 0.298. The van der Waals surface area contributed by atoms with Crippen molar-refractivity contribution in [1.82, 2.24) is 0 Å². The molecule has 0 radical (unpaired) electrons. The molecule has 0 aromatic heterocycles. The Hall–Kier alpha value is -2.69. The van der Waals surface area contributed by atoms with Gasteiger partial charge in [-0.05, 0) is 24.1 Å². The van der Waals surface area contributed by atoms with E-state index in [-0.39, 0.29) is 11.8 Å². The number of aliphatic imine (C=N–C) groups is 1. The van der Waals surface area contributed by atoms with E-state index >= 15 is 0 Å². The Bertz CT molecular complexity index is 679. The van der Waals surface area contributed by atoms with Crippen LogP contribution in [0, 0.1) is 5.82 Å². The molecule has 0 saturated carbocycles. The van der Waals surface area contributed by atoms with Gasteiger partial charge < -0.3 is 11.5 Å². The van der Waals surface area contributed by atoms with Gasteiger partial charge in [0.05, 0.1) is 5.92 Å². The van der Waals surface area contributed by atoms with Crippen LogP contribution in [-0.2, 0) is 4.79 Å². The van der Waals surface area contributed by atoms with Crippen LogP contribution in [-0.4, -0.2) is 11.9 Å². The highest BCUT2D eigenvalue weighted by atomic mass is 19.1. The molecule has 2 rings (SSSR count). The maximum absolute atomic E-state index is 14.2. The van der Waals surface area contributed by atoms with Crippen LogP contribution in [0.25, 0.3) is 11.1 Å². The van der Waals surface area contributed by atoms with Crippen molar-refractivity contribution in [2.75, 3.05) is 0 Å². The number of amides is 1. The predicted octanol–water partition coefficient (Wildman–Crippen LogP) is 2.40. The van der Waals surface area contributed by atoms with Gasteiger partial charge in [0.15, 0.2) is 5.96 Å². The van der Waals surface area contributed by atoms with Gasteiger partial charge in [-0.2, -0.15) is 4.99 Å². The largest absolute Gasteiger partial charge is 0.370 e. The van der Waals surface area contributed by atoms with Gasteiger partial charge in [0.25, 0.3) is 5.91 Å². The molecule has 21 heavy (non-hydrogen) atoms. The summed E-state index contributed by atoms with van der Waals surface area (Å²) >= 11 is 0. The van der Waals surface area contributed by atoms with E-state index in [2.05, 4.69) is 4.99 Å². The minimum Gasteiger partial charge on any atom is -0.370 e. The van der Waals surface area contributed by atoms with E-state index in [1.165, 1.54) is 6.07 Å². The van der Waals surface area contributed by atoms with Crippen molar-refractivity contribution in [3.05, 3.63) is 59.9 Å². The number of nitrogens with zero attached hydrogens (tertiary/aromatic N) is 1. The van der Waals surface area contributed by atoms with Crippen LogP contribution in [0.2, 0.25) is 0 Å². The molecule has 0 saturated heterocycles. The Morgan fingerprint density at radius 3 is 2.38 bits per heavy atom. The molecule has 0 spiro atoms. The SMILES string of the molecule is CC(C(=O)N=C(N)N)c1ccc(-c2ccccc2)c(F)c1. The Balaban J connectivity index is 2.32. The second kappa shape index (κ2) is 6.17. The maximum atomic E-state index is 14.2. The fourth-order valence-electron chi connectivity index (χ4n) is 2.02. The first-order chi connectivity index (χ1) is 9.99. The molecule has 5 heteroatoms. The molecular formula is C16H16FN3O. The molecule has 0 bridgehead atoms. The lowest BCUT2D eigenvalue weighted by Gasteiger charge is -2.10. The summed E-state index contributed by atoms with van der Waals surface area (Å²) in [6, 6.07) is 13.9. The molecule has 4 nitrogen and oxygen atoms in total. The number of carbonyl (C=O) groups excluding carboxylic acids is 1. The van der Waals surface area contributed by atoms with E-state index in [9.17, 15) is 9.18 Å². The van der Waals surface area contributed by atoms with Crippen LogP contribution >= 0.6 is 0 Å². The smallest absolute Gasteiger partial charge is 0.256 e. The average molecular weight is 285 g/mol. The molecule has 108 valence electrons. The maximum Gasteiger partial charge on any atom is 0.256 e. The van der Waals surface area contributed by atoms with Crippen molar-refractivity contribution < 1.29 is 9.18 Å². The molecule has 1 amide bonds. The van der Waals surface area contributed by atoms with E-state index < -0.39 is 11.8 Å². The number of benzene rings is 2. The summed E-state index contributed by atoms with van der Waals surface area (Å²) in [6.45, 7) is 1.63. The molecule has 0 aliphatic heterocycles. The highest BCUT2D eigenvalue weighted by Crippen LogP contribution is 2.26. The molecule has 0 aliphatic carbocycles. The number of guanidine groups is 1. The first-order valence-corrected chi connectivity index (χ1v) is 6.47. The summed E-state index contributed by atoms with van der Waals surface area (Å²) in [6.07, 6.45) is 0. The first-order valence-electron chi connectivity index (χ1n) is 6.47. The van der Waals surface area contributed by atoms with Crippen LogP contribution in [0.5, 0.6) is 0 Å². The first kappa shape index (κ1) is 14.7. The van der Waals surface area contributed by atoms with E-state index in [1.807, 2.05) is 30.3 Å². The zero-order chi connectivity index (χ0) is 15.4. The van der Waals surface area contributed by atoms with Crippen molar-refractivity contribution in [3.63, 3.8) is 0 Å². The Kier molecular flexibility index (Phi) is 4.33. The lowest BCUT2D eigenvalue weighted by molar-refractivity contribution is -0.118. The normalized spacial score (nSPS) is 11.7. The van der Waals surface area contributed by atoms with E-state index in [0.717, 1.165) is 5.56 Å². The molecule has 2 aromatic carbocycles. The average Bonchev–Trinajstić information content (AvgIpc) is 2.46. The van der Waals surface area contributed by atoms with E-state index in [4.69, 9.17) is 11.5 Å². The fraction of sp³-hybridized carbons (Fsp3) is 0.125. The van der Waals surface area contributed by atoms with Crippen LogP contribution in [0.3, 0.4) is 0 Å². The van der Waals surface area contributed by atoms with Gasteiger partial charge in [-0.15, -0.1) is 0 Å². The number of rotatable bonds is 3. The standard InChI is InChI=1S/C16H16FN3O/c1-10(15(21)20-16(18)19)12-7-8-13(14(17)9-12)11-5-3-2-4-6-11/h2-10H,1H3,(H4,18,19,20,21). The third kappa shape index (κ3) is 3.45. The third-order valence-electron chi connectivity index (χ3n) is 3.19. The molecule has 2 aromatic rings. The van der Waals surface area contributed by atoms with Crippen LogP contribution < -0.4 is 11.5 Å². The quantitative estimate of drug-likeness (QED) is 0.671. The van der Waals surface area contributed by atoms with Crippen molar-refractivity contribution in [2.24, 2.45) is 16.5 Å². The summed E-state index contributed by atoms with van der Waals surface area (Å²) < 4.78 is 14.2. The molecule has 1 unspecified atom stereocenters. The van der Waals surface area contributed by atoms with Crippen LogP contribution in [0.15, 0.2) is 53.5 Å². The predicted molar refractivity (Wildman–Crippen MR) is 81.1 cm³/mol. The van der Waals surface area contributed by atoms with Crippen molar-refractivity contribution >= 4 is 11.9 Å². The molecular weight excluding hydrogens is 269 g/mol. The van der Waals surface area contributed by atoms with Gasteiger partial charge in [-0.3, -0.25) is 4.79 Å². The molecule has 1 atom stereocenters. The minimum atomic E-state index is -0.605. The molecule has 4 N–H and O–H groups in total. The highest BCUT2D eigenvalue weighted by Gasteiger charge is 2.17. The van der Waals surface area contributed by atoms with Crippen molar-refractivity contribution in [3.8, 4) is 11.1 Å². The number of hydrogen-bond acceptors (Lipinski definition) is 1. The Morgan fingerprint density at radius 2 is 1.81 bits per heavy atom. The summed E-state index contributed by atoms with van der Waals surface area (Å²) in [5.41, 5.74) is 12.1. The molecule has 0 aliphatic rings. The van der Waals surface area contributed by atoms with Crippen molar-refractivity contribution in [2.45, 2.75) is 12.8 Å². The van der Waals surface area contributed by atoms with Gasteiger partial charge in [-0.25, -0.2) is 4.39 Å². The molecule has 0 heterocycles. The summed E-state index contributed by atoms with van der Waals surface area (Å²) in [4.78, 5) is 15.2. The third-order valence-corrected chi connectivity index (χ3v) is 3.19. The lowest BCUT2D eigenvalue weighted by atomic mass is 9.96. The Morgan fingerprint density at radius 1 is 1.14 bits per heavy atom. The van der Waals surface area contributed by atoms with Crippen LogP contribution in [0.4, 0.5) is 4.39 Å². The van der Waals surface area contributed by atoms with Crippen LogP contribution in [0.1, 0.15) is 18.4 Å². The number of hydrogen-bond donors (Lipinski definition) is 2. The zero-order valence-corrected chi connectivity index (χ0v) is 11.6. The second-order valence-corrected chi connectivity index (χ2v) is 4.70. The summed E-state index contributed by atoms with van der Waals surface area (Å²) in [5, 5.41) is 0. The monoisotopic (exact) mass is 285 g/mol. The summed E-state index contributed by atoms with van der Waals surface area (Å²) in [7, 11) is 0. The van der Waals surface area contributed by atoms with Gasteiger partial charge in [-0.1, -0.05) is 42.5 Å². The van der Waals surface area contributed by atoms with Crippen molar-refractivity contribution in [1.29, 1.82) is 0 Å². The van der Waals surface area contributed by atoms with E-state index in [0.29, 0.717) is 11.1 Å². The highest BCUT2D eigenvalue weighted by molar-refractivity contribution is 5.94. The Labute approximate surface area is 122 Å². The number of nitrogens with two attached hydrogens (primary N) is 2. The number of halogens is 1. The molecule has 0 fully saturated rings. The van der Waals surface area contributed by atoms with Gasteiger partial charge in [0.1, 0.15) is 5.82 Å². The fourth-order valence-corrected chi connectivity index (χ4v) is 2.02. The van der Waals surface area contributed by atoms with Gasteiger partial charge >= 0.3 is 0 Å². The van der Waals surface area contributed by atoms with Gasteiger partial charge in [0, 0.05) is 5.56 Å². The van der Waals surface area contributed by atoms with Gasteiger partial charge in [0.2, 0.25) is 0 Å². The topological polar surface area (TPSA) is 81.5 Å². The summed E-state index contributed by atoms with van der Waals surface area (Å²) in [5.74, 6) is -1.79. The lowest BCUT2D eigenvalue weighted by Crippen LogP contribution is -2.25. The number of carbonyl (C=O) groups is 1.